The number of amides is 1. The summed E-state index contributed by atoms with van der Waals surface area (Å²) in [4.78, 5) is 21.7. The van der Waals surface area contributed by atoms with Crippen LogP contribution >= 0.6 is 0 Å². The van der Waals surface area contributed by atoms with Crippen LogP contribution in [0, 0.1) is 10.1 Å². The highest BCUT2D eigenvalue weighted by molar-refractivity contribution is 6.01. The van der Waals surface area contributed by atoms with Crippen LogP contribution in [0.15, 0.2) is 21.0 Å². The lowest BCUT2D eigenvalue weighted by atomic mass is 9.89. The quantitative estimate of drug-likeness (QED) is 0.680. The molecule has 0 bridgehead atoms. The van der Waals surface area contributed by atoms with E-state index in [1.54, 1.807) is 0 Å². The molecule has 1 N–H and O–H groups in total. The van der Waals surface area contributed by atoms with Gasteiger partial charge in [0.15, 0.2) is 5.76 Å². The second kappa shape index (κ2) is 5.96. The minimum absolute atomic E-state index is 0.0374. The lowest BCUT2D eigenvalue weighted by Crippen LogP contribution is -2.11. The fourth-order valence-corrected chi connectivity index (χ4v) is 2.51. The van der Waals surface area contributed by atoms with Crippen molar-refractivity contribution in [3.8, 4) is 0 Å². The summed E-state index contributed by atoms with van der Waals surface area (Å²) >= 11 is 0. The van der Waals surface area contributed by atoms with Crippen LogP contribution in [-0.4, -0.2) is 21.0 Å². The average molecular weight is 306 g/mol. The third kappa shape index (κ3) is 2.97. The van der Waals surface area contributed by atoms with Crippen molar-refractivity contribution in [2.24, 2.45) is 0 Å². The Kier molecular flexibility index (Phi) is 3.86. The number of anilines is 1. The third-order valence-corrected chi connectivity index (χ3v) is 3.61. The largest absolute Gasteiger partial charge is 0.433 e. The highest BCUT2D eigenvalue weighted by Crippen LogP contribution is 2.32. The predicted molar refractivity (Wildman–Crippen MR) is 73.4 cm³/mol. The maximum absolute atomic E-state index is 11.9. The van der Waals surface area contributed by atoms with Crippen LogP contribution in [0.25, 0.3) is 0 Å². The maximum atomic E-state index is 11.9. The molecule has 116 valence electrons. The van der Waals surface area contributed by atoms with Crippen LogP contribution in [0.5, 0.6) is 0 Å². The van der Waals surface area contributed by atoms with Gasteiger partial charge in [0.1, 0.15) is 4.92 Å². The fraction of sp³-hybridized carbons (Fsp3) is 0.462. The van der Waals surface area contributed by atoms with Crippen molar-refractivity contribution in [2.45, 2.75) is 38.0 Å². The Morgan fingerprint density at radius 2 is 2.00 bits per heavy atom. The van der Waals surface area contributed by atoms with Gasteiger partial charge in [0.2, 0.25) is 5.89 Å². The van der Waals surface area contributed by atoms with Gasteiger partial charge in [0.05, 0.1) is 6.07 Å². The number of furan rings is 1. The first-order chi connectivity index (χ1) is 10.6. The molecule has 2 heterocycles. The number of nitrogens with zero attached hydrogens (tertiary/aromatic N) is 3. The zero-order valence-corrected chi connectivity index (χ0v) is 11.7. The van der Waals surface area contributed by atoms with Gasteiger partial charge in [0.25, 0.3) is 5.91 Å². The monoisotopic (exact) mass is 306 g/mol. The molecule has 9 nitrogen and oxygen atoms in total. The molecular formula is C13H14N4O5. The highest BCUT2D eigenvalue weighted by atomic mass is 16.6. The summed E-state index contributed by atoms with van der Waals surface area (Å²) < 4.78 is 10.2. The first-order valence-electron chi connectivity index (χ1n) is 7.02. The summed E-state index contributed by atoms with van der Waals surface area (Å²) in [5.74, 6) is -0.619. The fourth-order valence-electron chi connectivity index (χ4n) is 2.51. The van der Waals surface area contributed by atoms with Crippen LogP contribution < -0.4 is 5.32 Å². The van der Waals surface area contributed by atoms with E-state index in [1.165, 1.54) is 12.5 Å². The SMILES string of the molecule is O=C(Nc1nnc(C2CCCCC2)o1)c1ccc([N+](=O)[O-])o1. The van der Waals surface area contributed by atoms with Crippen molar-refractivity contribution in [1.29, 1.82) is 0 Å². The van der Waals surface area contributed by atoms with Crippen molar-refractivity contribution in [3.63, 3.8) is 0 Å². The Balaban J connectivity index is 1.66. The number of rotatable bonds is 4. The molecule has 0 spiro atoms. The molecule has 0 aliphatic heterocycles. The lowest BCUT2D eigenvalue weighted by Gasteiger charge is -2.17. The molecule has 0 aromatic carbocycles. The summed E-state index contributed by atoms with van der Waals surface area (Å²) in [5, 5.41) is 20.6. The normalized spacial score (nSPS) is 15.6. The Morgan fingerprint density at radius 3 is 2.68 bits per heavy atom. The maximum Gasteiger partial charge on any atom is 0.433 e. The van der Waals surface area contributed by atoms with Gasteiger partial charge in [0, 0.05) is 5.92 Å². The van der Waals surface area contributed by atoms with Crippen LogP contribution in [0.3, 0.4) is 0 Å². The number of carbonyl (C=O) groups is 1. The smallest absolute Gasteiger partial charge is 0.408 e. The Labute approximate surface area is 124 Å². The van der Waals surface area contributed by atoms with E-state index in [0.717, 1.165) is 31.7 Å². The van der Waals surface area contributed by atoms with E-state index in [2.05, 4.69) is 15.5 Å². The molecule has 1 saturated carbocycles. The van der Waals surface area contributed by atoms with Crippen molar-refractivity contribution in [1.82, 2.24) is 10.2 Å². The predicted octanol–water partition coefficient (Wildman–Crippen LogP) is 2.87. The zero-order valence-electron chi connectivity index (χ0n) is 11.7. The third-order valence-electron chi connectivity index (χ3n) is 3.61. The Morgan fingerprint density at radius 1 is 1.23 bits per heavy atom. The molecule has 1 amide bonds. The highest BCUT2D eigenvalue weighted by Gasteiger charge is 2.23. The first kappa shape index (κ1) is 14.2. The first-order valence-corrected chi connectivity index (χ1v) is 7.02. The molecule has 0 unspecified atom stereocenters. The minimum Gasteiger partial charge on any atom is -0.408 e. The van der Waals surface area contributed by atoms with E-state index in [0.29, 0.717) is 5.89 Å². The molecular weight excluding hydrogens is 292 g/mol. The number of hydrogen-bond donors (Lipinski definition) is 1. The molecule has 0 atom stereocenters. The molecule has 1 aliphatic carbocycles. The number of carbonyl (C=O) groups excluding carboxylic acids is 1. The molecule has 0 saturated heterocycles. The molecule has 22 heavy (non-hydrogen) atoms. The number of hydrogen-bond acceptors (Lipinski definition) is 7. The Hall–Kier alpha value is -2.71. The van der Waals surface area contributed by atoms with E-state index in [9.17, 15) is 14.9 Å². The van der Waals surface area contributed by atoms with Gasteiger partial charge >= 0.3 is 11.9 Å². The molecule has 1 fully saturated rings. The van der Waals surface area contributed by atoms with E-state index in [4.69, 9.17) is 8.83 Å². The van der Waals surface area contributed by atoms with Gasteiger partial charge in [-0.3, -0.25) is 20.2 Å². The molecule has 9 heteroatoms. The van der Waals surface area contributed by atoms with Crippen molar-refractivity contribution in [2.75, 3.05) is 5.32 Å². The van der Waals surface area contributed by atoms with Gasteiger partial charge in [-0.05, 0) is 18.9 Å². The number of aromatic nitrogens is 2. The van der Waals surface area contributed by atoms with Gasteiger partial charge in [-0.15, -0.1) is 5.10 Å². The lowest BCUT2D eigenvalue weighted by molar-refractivity contribution is -0.402. The number of nitrogens with one attached hydrogen (secondary N) is 1. The van der Waals surface area contributed by atoms with Crippen molar-refractivity contribution >= 4 is 17.8 Å². The van der Waals surface area contributed by atoms with Crippen LogP contribution in [0.1, 0.15) is 54.5 Å². The summed E-state index contributed by atoms with van der Waals surface area (Å²) in [6.07, 6.45) is 5.47. The summed E-state index contributed by atoms with van der Waals surface area (Å²) in [5.41, 5.74) is 0. The topological polar surface area (TPSA) is 124 Å². The van der Waals surface area contributed by atoms with Crippen LogP contribution in [0.4, 0.5) is 11.9 Å². The second-order valence-corrected chi connectivity index (χ2v) is 5.13. The number of nitro groups is 1. The Bertz CT molecular complexity index is 686. The van der Waals surface area contributed by atoms with Crippen molar-refractivity contribution in [3.05, 3.63) is 33.9 Å². The molecule has 2 aromatic heterocycles. The van der Waals surface area contributed by atoms with Crippen LogP contribution in [-0.2, 0) is 0 Å². The molecule has 2 aromatic rings. The van der Waals surface area contributed by atoms with Gasteiger partial charge in [-0.2, -0.15) is 0 Å². The van der Waals surface area contributed by atoms with Gasteiger partial charge in [-0.25, -0.2) is 0 Å². The summed E-state index contributed by atoms with van der Waals surface area (Å²) in [7, 11) is 0. The minimum atomic E-state index is -0.718. The molecule has 1 aliphatic rings. The summed E-state index contributed by atoms with van der Waals surface area (Å²) in [6, 6.07) is 2.28. The summed E-state index contributed by atoms with van der Waals surface area (Å²) in [6.45, 7) is 0. The van der Waals surface area contributed by atoms with E-state index < -0.39 is 16.7 Å². The van der Waals surface area contributed by atoms with Crippen LogP contribution in [0.2, 0.25) is 0 Å². The second-order valence-electron chi connectivity index (χ2n) is 5.13. The van der Waals surface area contributed by atoms with E-state index in [-0.39, 0.29) is 17.7 Å². The van der Waals surface area contributed by atoms with E-state index in [1.807, 2.05) is 0 Å². The zero-order chi connectivity index (χ0) is 15.5. The van der Waals surface area contributed by atoms with E-state index >= 15 is 0 Å². The molecule has 3 rings (SSSR count). The molecule has 0 radical (unpaired) electrons. The van der Waals surface area contributed by atoms with Gasteiger partial charge < -0.3 is 8.83 Å². The van der Waals surface area contributed by atoms with Crippen molar-refractivity contribution < 1.29 is 18.6 Å². The average Bonchev–Trinajstić information content (AvgIpc) is 3.17. The standard InChI is InChI=1S/C13H14N4O5/c18-11(9-6-7-10(21-9)17(19)20)14-13-16-15-12(22-13)8-4-2-1-3-5-8/h6-8H,1-5H2,(H,14,16,18). The van der Waals surface area contributed by atoms with Gasteiger partial charge in [-0.1, -0.05) is 24.4 Å².